The van der Waals surface area contributed by atoms with Crippen molar-refractivity contribution in [2.45, 2.75) is 0 Å². The molecule has 0 saturated carbocycles. The molecule has 0 unspecified atom stereocenters. The Hall–Kier alpha value is -2.59. The third kappa shape index (κ3) is 5.25. The van der Waals surface area contributed by atoms with Gasteiger partial charge in [-0.15, -0.1) is 0 Å². The van der Waals surface area contributed by atoms with Crippen LogP contribution in [0.2, 0.25) is 0 Å². The van der Waals surface area contributed by atoms with Gasteiger partial charge in [0, 0.05) is 4.47 Å². The molecule has 0 fully saturated rings. The van der Waals surface area contributed by atoms with Crippen LogP contribution in [0.1, 0.15) is 11.1 Å². The maximum Gasteiger partial charge on any atom is 0.346 e. The first-order chi connectivity index (χ1) is 11.7. The van der Waals surface area contributed by atoms with Crippen LogP contribution in [0.15, 0.2) is 83.7 Å². The molecule has 2 aromatic rings. The van der Waals surface area contributed by atoms with E-state index in [1.807, 2.05) is 60.7 Å². The Morgan fingerprint density at radius 2 is 1.71 bits per heavy atom. The fraction of sp³-hybridized carbons (Fsp3) is 0.0500. The lowest BCUT2D eigenvalue weighted by Crippen LogP contribution is -2.03. The Kier molecular flexibility index (Phi) is 7.05. The van der Waals surface area contributed by atoms with Crippen molar-refractivity contribution in [1.82, 2.24) is 0 Å². The van der Waals surface area contributed by atoms with E-state index in [2.05, 4.69) is 15.9 Å². The summed E-state index contributed by atoms with van der Waals surface area (Å²) >= 11 is 3.47. The van der Waals surface area contributed by atoms with E-state index in [-0.39, 0.29) is 0 Å². The van der Waals surface area contributed by atoms with Crippen LogP contribution < -0.4 is 0 Å². The van der Waals surface area contributed by atoms with Crippen molar-refractivity contribution in [1.29, 1.82) is 0 Å². The molecule has 0 aliphatic carbocycles. The summed E-state index contributed by atoms with van der Waals surface area (Å²) in [7, 11) is 1.49. The minimum atomic E-state index is -0.478. The van der Waals surface area contributed by atoms with Crippen LogP contribution in [0.3, 0.4) is 0 Å². The molecule has 3 nitrogen and oxygen atoms in total. The van der Waals surface area contributed by atoms with Gasteiger partial charge in [0.25, 0.3) is 0 Å². The maximum atomic E-state index is 12.2. The van der Waals surface area contributed by atoms with E-state index in [1.165, 1.54) is 19.6 Å². The molecule has 2 aromatic carbocycles. The predicted molar refractivity (Wildman–Crippen MR) is 99.8 cm³/mol. The van der Waals surface area contributed by atoms with Crippen LogP contribution in [-0.4, -0.2) is 13.1 Å². The van der Waals surface area contributed by atoms with Crippen LogP contribution in [0.4, 0.5) is 0 Å². The second-order valence-corrected chi connectivity index (χ2v) is 5.60. The Morgan fingerprint density at radius 1 is 1.00 bits per heavy atom. The van der Waals surface area contributed by atoms with Crippen LogP contribution >= 0.6 is 15.9 Å². The molecule has 0 saturated heterocycles. The van der Waals surface area contributed by atoms with E-state index in [0.717, 1.165) is 15.6 Å². The molecule has 0 aliphatic rings. The van der Waals surface area contributed by atoms with Crippen molar-refractivity contribution in [3.05, 3.63) is 94.9 Å². The Labute approximate surface area is 150 Å². The van der Waals surface area contributed by atoms with Crippen molar-refractivity contribution in [2.75, 3.05) is 7.11 Å². The molecule has 24 heavy (non-hydrogen) atoms. The molecule has 0 aromatic heterocycles. The van der Waals surface area contributed by atoms with Gasteiger partial charge < -0.3 is 9.47 Å². The molecule has 0 bridgehead atoms. The summed E-state index contributed by atoms with van der Waals surface area (Å²) in [5.41, 5.74) is 2.14. The number of carbonyl (C=O) groups excluding carboxylic acids is 1. The molecule has 0 radical (unpaired) electrons. The molecule has 0 heterocycles. The molecule has 4 heteroatoms. The van der Waals surface area contributed by atoms with Crippen LogP contribution in [0, 0.1) is 0 Å². The number of methoxy groups -OCH3 is 1. The van der Waals surface area contributed by atoms with Gasteiger partial charge in [0.05, 0.1) is 19.6 Å². The first kappa shape index (κ1) is 17.8. The average molecular weight is 385 g/mol. The second-order valence-electron chi connectivity index (χ2n) is 4.75. The van der Waals surface area contributed by atoms with Gasteiger partial charge >= 0.3 is 5.97 Å². The smallest absolute Gasteiger partial charge is 0.346 e. The standard InChI is InChI=1S/C20H17BrO3/c1-23-15-18(16-9-3-2-4-10-16)20(22)24-14-8-7-12-17-11-5-6-13-19(17)21/h2-15H,1H3/b12-7+,14-8?,18-15?. The van der Waals surface area contributed by atoms with E-state index in [9.17, 15) is 4.79 Å². The number of rotatable bonds is 6. The normalized spacial score (nSPS) is 11.8. The quantitative estimate of drug-likeness (QED) is 0.297. The lowest BCUT2D eigenvalue weighted by Gasteiger charge is -2.05. The first-order valence-electron chi connectivity index (χ1n) is 7.29. The number of hydrogen-bond acceptors (Lipinski definition) is 3. The summed E-state index contributed by atoms with van der Waals surface area (Å²) in [6, 6.07) is 17.1. The van der Waals surface area contributed by atoms with Gasteiger partial charge in [-0.2, -0.15) is 0 Å². The zero-order valence-electron chi connectivity index (χ0n) is 13.2. The Bertz CT molecular complexity index is 761. The van der Waals surface area contributed by atoms with Gasteiger partial charge in [-0.25, -0.2) is 4.79 Å². The van der Waals surface area contributed by atoms with Crippen LogP contribution in [-0.2, 0) is 14.3 Å². The molecule has 0 aliphatic heterocycles. The number of benzene rings is 2. The van der Waals surface area contributed by atoms with E-state index in [4.69, 9.17) is 9.47 Å². The monoisotopic (exact) mass is 384 g/mol. The third-order valence-electron chi connectivity index (χ3n) is 3.09. The fourth-order valence-corrected chi connectivity index (χ4v) is 2.37. The highest BCUT2D eigenvalue weighted by Gasteiger charge is 2.12. The number of esters is 1. The summed E-state index contributed by atoms with van der Waals surface area (Å²) in [5.74, 6) is -0.478. The predicted octanol–water partition coefficient (Wildman–Crippen LogP) is 5.21. The number of allylic oxidation sites excluding steroid dienone is 2. The van der Waals surface area contributed by atoms with Gasteiger partial charge in [-0.1, -0.05) is 76.6 Å². The number of halogens is 1. The zero-order chi connectivity index (χ0) is 17.2. The van der Waals surface area contributed by atoms with Gasteiger partial charge in [0.1, 0.15) is 5.57 Å². The van der Waals surface area contributed by atoms with Crippen molar-refractivity contribution < 1.29 is 14.3 Å². The molecule has 0 N–H and O–H groups in total. The van der Waals surface area contributed by atoms with Crippen molar-refractivity contribution in [3.8, 4) is 0 Å². The summed E-state index contributed by atoms with van der Waals surface area (Å²) in [4.78, 5) is 12.2. The lowest BCUT2D eigenvalue weighted by atomic mass is 10.1. The highest BCUT2D eigenvalue weighted by Crippen LogP contribution is 2.18. The SMILES string of the molecule is COC=C(C(=O)OC=C/C=C/c1ccccc1Br)c1ccccc1. The van der Waals surface area contributed by atoms with E-state index in [1.54, 1.807) is 12.2 Å². The Morgan fingerprint density at radius 3 is 2.42 bits per heavy atom. The van der Waals surface area contributed by atoms with E-state index in [0.29, 0.717) is 5.57 Å². The van der Waals surface area contributed by atoms with Crippen molar-refractivity contribution >= 4 is 33.5 Å². The average Bonchev–Trinajstić information content (AvgIpc) is 2.61. The molecule has 2 rings (SSSR count). The van der Waals surface area contributed by atoms with Gasteiger partial charge in [-0.3, -0.25) is 0 Å². The molecule has 122 valence electrons. The number of hydrogen-bond donors (Lipinski definition) is 0. The number of ether oxygens (including phenoxy) is 2. The summed E-state index contributed by atoms with van der Waals surface area (Å²) < 4.78 is 11.1. The van der Waals surface area contributed by atoms with Gasteiger partial charge in [0.15, 0.2) is 0 Å². The molecule has 0 atom stereocenters. The van der Waals surface area contributed by atoms with Crippen LogP contribution in [0.5, 0.6) is 0 Å². The highest BCUT2D eigenvalue weighted by molar-refractivity contribution is 9.10. The van der Waals surface area contributed by atoms with Crippen molar-refractivity contribution in [2.24, 2.45) is 0 Å². The van der Waals surface area contributed by atoms with Gasteiger partial charge in [0.2, 0.25) is 0 Å². The minimum Gasteiger partial charge on any atom is -0.503 e. The third-order valence-corrected chi connectivity index (χ3v) is 3.81. The fourth-order valence-electron chi connectivity index (χ4n) is 1.95. The van der Waals surface area contributed by atoms with E-state index < -0.39 is 5.97 Å². The molecular weight excluding hydrogens is 368 g/mol. The first-order valence-corrected chi connectivity index (χ1v) is 8.09. The summed E-state index contributed by atoms with van der Waals surface area (Å²) in [6.07, 6.45) is 8.10. The summed E-state index contributed by atoms with van der Waals surface area (Å²) in [6.45, 7) is 0. The zero-order valence-corrected chi connectivity index (χ0v) is 14.8. The van der Waals surface area contributed by atoms with Crippen LogP contribution in [0.25, 0.3) is 11.6 Å². The second kappa shape index (κ2) is 9.53. The molecule has 0 amide bonds. The number of carbonyl (C=O) groups is 1. The largest absolute Gasteiger partial charge is 0.503 e. The highest BCUT2D eigenvalue weighted by atomic mass is 79.9. The Balaban J connectivity index is 1.98. The molecular formula is C20H17BrO3. The van der Waals surface area contributed by atoms with Crippen molar-refractivity contribution in [3.63, 3.8) is 0 Å². The van der Waals surface area contributed by atoms with E-state index >= 15 is 0 Å². The lowest BCUT2D eigenvalue weighted by molar-refractivity contribution is -0.131. The van der Waals surface area contributed by atoms with Gasteiger partial charge in [-0.05, 0) is 23.3 Å². The molecule has 0 spiro atoms. The summed E-state index contributed by atoms with van der Waals surface area (Å²) in [5, 5.41) is 0. The maximum absolute atomic E-state index is 12.2. The minimum absolute atomic E-state index is 0.359. The topological polar surface area (TPSA) is 35.5 Å².